The van der Waals surface area contributed by atoms with Crippen LogP contribution in [0.15, 0.2) is 11.4 Å². The van der Waals surface area contributed by atoms with Gasteiger partial charge in [0.1, 0.15) is 5.82 Å². The molecule has 1 aliphatic carbocycles. The Balaban J connectivity index is 2.09. The number of imidazole rings is 1. The summed E-state index contributed by atoms with van der Waals surface area (Å²) < 4.78 is 0. The van der Waals surface area contributed by atoms with Crippen molar-refractivity contribution in [3.05, 3.63) is 27.8 Å². The van der Waals surface area contributed by atoms with E-state index >= 15 is 0 Å². The van der Waals surface area contributed by atoms with E-state index < -0.39 is 0 Å². The lowest BCUT2D eigenvalue weighted by Crippen LogP contribution is -2.36. The van der Waals surface area contributed by atoms with Crippen LogP contribution in [0.2, 0.25) is 0 Å². The number of nitrogens with zero attached hydrogens (tertiary/aromatic N) is 1. The number of aromatic amines is 1. The first-order chi connectivity index (χ1) is 8.68. The molecule has 0 fully saturated rings. The van der Waals surface area contributed by atoms with Crippen LogP contribution in [0, 0.1) is 0 Å². The van der Waals surface area contributed by atoms with Gasteiger partial charge in [0.2, 0.25) is 0 Å². The van der Waals surface area contributed by atoms with Crippen molar-refractivity contribution in [3.8, 4) is 11.3 Å². The van der Waals surface area contributed by atoms with Gasteiger partial charge in [0.05, 0.1) is 11.2 Å². The van der Waals surface area contributed by atoms with Gasteiger partial charge < -0.3 is 10.7 Å². The maximum Gasteiger partial charge on any atom is 0.127 e. The van der Waals surface area contributed by atoms with Crippen LogP contribution in [-0.2, 0) is 18.4 Å². The van der Waals surface area contributed by atoms with Crippen molar-refractivity contribution in [1.82, 2.24) is 9.97 Å². The van der Waals surface area contributed by atoms with E-state index in [9.17, 15) is 0 Å². The Morgan fingerprint density at radius 3 is 2.89 bits per heavy atom. The van der Waals surface area contributed by atoms with Crippen LogP contribution in [0.25, 0.3) is 11.3 Å². The maximum atomic E-state index is 6.43. The molecule has 0 spiro atoms. The Bertz CT molecular complexity index is 563. The minimum absolute atomic E-state index is 0.312. The van der Waals surface area contributed by atoms with Gasteiger partial charge in [-0.25, -0.2) is 4.98 Å². The summed E-state index contributed by atoms with van der Waals surface area (Å²) in [6.07, 6.45) is 4.00. The molecule has 0 radical (unpaired) electrons. The van der Waals surface area contributed by atoms with Crippen LogP contribution < -0.4 is 5.73 Å². The number of hydrogen-bond donors (Lipinski definition) is 2. The number of aryl methyl sites for hydroxylation is 2. The van der Waals surface area contributed by atoms with Gasteiger partial charge in [0.15, 0.2) is 0 Å². The molecule has 0 aliphatic heterocycles. The van der Waals surface area contributed by atoms with Crippen molar-refractivity contribution in [2.75, 3.05) is 0 Å². The first kappa shape index (κ1) is 11.9. The number of rotatable bonds is 3. The molecule has 0 atom stereocenters. The monoisotopic (exact) mass is 261 g/mol. The highest BCUT2D eigenvalue weighted by molar-refractivity contribution is 7.10. The Hall–Kier alpha value is -1.13. The standard InChI is InChI=1S/C14H19N3S/c1-3-14(15,4-2)13-16-10-5-6-11-9(7-8-18-11)12(10)17-13/h7-8H,3-6,15H2,1-2H3,(H,16,17). The van der Waals surface area contributed by atoms with E-state index in [4.69, 9.17) is 10.7 Å². The summed E-state index contributed by atoms with van der Waals surface area (Å²) in [5.41, 5.74) is 9.81. The molecule has 3 nitrogen and oxygen atoms in total. The van der Waals surface area contributed by atoms with Crippen molar-refractivity contribution in [3.63, 3.8) is 0 Å². The predicted octanol–water partition coefficient (Wildman–Crippen LogP) is 3.21. The Morgan fingerprint density at radius 2 is 2.17 bits per heavy atom. The molecule has 18 heavy (non-hydrogen) atoms. The average molecular weight is 261 g/mol. The van der Waals surface area contributed by atoms with Crippen LogP contribution in [0.3, 0.4) is 0 Å². The summed E-state index contributed by atoms with van der Waals surface area (Å²) in [5.74, 6) is 0.955. The lowest BCUT2D eigenvalue weighted by molar-refractivity contribution is 0.390. The Kier molecular flexibility index (Phi) is 2.79. The molecule has 0 bridgehead atoms. The van der Waals surface area contributed by atoms with E-state index in [1.807, 2.05) is 11.3 Å². The second-order valence-corrected chi connectivity index (χ2v) is 6.03. The van der Waals surface area contributed by atoms with Crippen LogP contribution in [0.1, 0.15) is 43.1 Å². The van der Waals surface area contributed by atoms with Crippen molar-refractivity contribution in [2.24, 2.45) is 5.73 Å². The Labute approximate surface area is 111 Å². The van der Waals surface area contributed by atoms with Crippen molar-refractivity contribution < 1.29 is 0 Å². The number of H-pyrrole nitrogens is 1. The number of thiophene rings is 1. The number of hydrogen-bond acceptors (Lipinski definition) is 3. The van der Waals surface area contributed by atoms with Crippen molar-refractivity contribution >= 4 is 11.3 Å². The summed E-state index contributed by atoms with van der Waals surface area (Å²) in [4.78, 5) is 9.73. The van der Waals surface area contributed by atoms with E-state index in [2.05, 4.69) is 30.3 Å². The van der Waals surface area contributed by atoms with Crippen LogP contribution >= 0.6 is 11.3 Å². The lowest BCUT2D eigenvalue weighted by Gasteiger charge is -2.23. The molecule has 2 aromatic rings. The lowest BCUT2D eigenvalue weighted by atomic mass is 9.93. The SMILES string of the molecule is CCC(N)(CC)c1nc2c([nH]1)CCc1sccc1-2. The normalized spacial score (nSPS) is 14.4. The van der Waals surface area contributed by atoms with Gasteiger partial charge in [-0.15, -0.1) is 11.3 Å². The molecule has 3 N–H and O–H groups in total. The van der Waals surface area contributed by atoms with E-state index in [1.165, 1.54) is 16.1 Å². The van der Waals surface area contributed by atoms with Crippen LogP contribution in [0.4, 0.5) is 0 Å². The predicted molar refractivity (Wildman–Crippen MR) is 75.8 cm³/mol. The molecule has 0 unspecified atom stereocenters. The third kappa shape index (κ3) is 1.63. The van der Waals surface area contributed by atoms with Crippen LogP contribution in [0.5, 0.6) is 0 Å². The van der Waals surface area contributed by atoms with E-state index in [1.54, 1.807) is 0 Å². The first-order valence-corrected chi connectivity index (χ1v) is 7.51. The molecule has 4 heteroatoms. The highest BCUT2D eigenvalue weighted by atomic mass is 32.1. The number of nitrogens with two attached hydrogens (primary N) is 1. The zero-order chi connectivity index (χ0) is 12.8. The molecule has 0 saturated heterocycles. The number of nitrogens with one attached hydrogen (secondary N) is 1. The second kappa shape index (κ2) is 4.21. The van der Waals surface area contributed by atoms with Crippen LogP contribution in [-0.4, -0.2) is 9.97 Å². The van der Waals surface area contributed by atoms with Gasteiger partial charge in [-0.3, -0.25) is 0 Å². The van der Waals surface area contributed by atoms with E-state index in [0.717, 1.165) is 37.2 Å². The minimum Gasteiger partial charge on any atom is -0.344 e. The summed E-state index contributed by atoms with van der Waals surface area (Å²) in [6.45, 7) is 4.25. The highest BCUT2D eigenvalue weighted by Gasteiger charge is 2.30. The zero-order valence-corrected chi connectivity index (χ0v) is 11.7. The first-order valence-electron chi connectivity index (χ1n) is 6.63. The summed E-state index contributed by atoms with van der Waals surface area (Å²) in [5, 5.41) is 2.16. The fourth-order valence-electron chi connectivity index (χ4n) is 2.62. The molecular weight excluding hydrogens is 242 g/mol. The molecule has 0 saturated carbocycles. The van der Waals surface area contributed by atoms with Gasteiger partial charge >= 0.3 is 0 Å². The molecule has 0 aromatic carbocycles. The molecule has 2 aromatic heterocycles. The third-order valence-electron chi connectivity index (χ3n) is 4.11. The van der Waals surface area contributed by atoms with Crippen molar-refractivity contribution in [1.29, 1.82) is 0 Å². The minimum atomic E-state index is -0.312. The van der Waals surface area contributed by atoms with Gasteiger partial charge in [-0.2, -0.15) is 0 Å². The summed E-state index contributed by atoms with van der Waals surface area (Å²) in [7, 11) is 0. The fourth-order valence-corrected chi connectivity index (χ4v) is 3.50. The van der Waals surface area contributed by atoms with E-state index in [0.29, 0.717) is 0 Å². The van der Waals surface area contributed by atoms with Gasteiger partial charge in [-0.1, -0.05) is 13.8 Å². The quantitative estimate of drug-likeness (QED) is 0.891. The molecule has 1 aliphatic rings. The average Bonchev–Trinajstić information content (AvgIpc) is 3.02. The van der Waals surface area contributed by atoms with Gasteiger partial charge in [-0.05, 0) is 37.1 Å². The molecule has 2 heterocycles. The number of aromatic nitrogens is 2. The summed E-state index contributed by atoms with van der Waals surface area (Å²) >= 11 is 1.83. The Morgan fingerprint density at radius 1 is 1.39 bits per heavy atom. The van der Waals surface area contributed by atoms with Gasteiger partial charge in [0, 0.05) is 16.1 Å². The zero-order valence-electron chi connectivity index (χ0n) is 10.9. The van der Waals surface area contributed by atoms with E-state index in [-0.39, 0.29) is 5.54 Å². The van der Waals surface area contributed by atoms with Crippen molar-refractivity contribution in [2.45, 2.75) is 45.1 Å². The molecule has 0 amide bonds. The topological polar surface area (TPSA) is 54.7 Å². The molecule has 3 rings (SSSR count). The molecule has 96 valence electrons. The summed E-state index contributed by atoms with van der Waals surface area (Å²) in [6, 6.07) is 2.18. The maximum absolute atomic E-state index is 6.43. The largest absolute Gasteiger partial charge is 0.344 e. The highest BCUT2D eigenvalue weighted by Crippen LogP contribution is 2.37. The second-order valence-electron chi connectivity index (χ2n) is 5.03. The molecular formula is C14H19N3S. The third-order valence-corrected chi connectivity index (χ3v) is 5.10. The smallest absolute Gasteiger partial charge is 0.127 e. The number of fused-ring (bicyclic) bond motifs is 3. The fraction of sp³-hybridized carbons (Fsp3) is 0.500. The van der Waals surface area contributed by atoms with Gasteiger partial charge in [0.25, 0.3) is 0 Å².